The van der Waals surface area contributed by atoms with E-state index in [1.54, 1.807) is 25.1 Å². The summed E-state index contributed by atoms with van der Waals surface area (Å²) in [5.41, 5.74) is -4.10. The third-order valence-corrected chi connectivity index (χ3v) is 8.36. The lowest BCUT2D eigenvalue weighted by Gasteiger charge is -2.26. The monoisotopic (exact) mass is 569 g/mol. The van der Waals surface area contributed by atoms with Crippen molar-refractivity contribution in [3.63, 3.8) is 0 Å². The van der Waals surface area contributed by atoms with Crippen molar-refractivity contribution in [3.05, 3.63) is 63.4 Å². The summed E-state index contributed by atoms with van der Waals surface area (Å²) in [6.07, 6.45) is -0.311. The first-order valence-corrected chi connectivity index (χ1v) is 14.4. The molecule has 0 radical (unpaired) electrons. The highest BCUT2D eigenvalue weighted by Crippen LogP contribution is 2.47. The molecule has 0 spiro atoms. The molecule has 39 heavy (non-hydrogen) atoms. The maximum atomic E-state index is 15.6. The fourth-order valence-corrected chi connectivity index (χ4v) is 6.19. The zero-order chi connectivity index (χ0) is 28.2. The number of aliphatic hydroxyl groups is 1. The summed E-state index contributed by atoms with van der Waals surface area (Å²) in [6.45, 7) is 2.11. The Labute approximate surface area is 224 Å². The maximum absolute atomic E-state index is 15.6. The normalized spacial score (nSPS) is 27.6. The Morgan fingerprint density at radius 1 is 1.28 bits per heavy atom. The van der Waals surface area contributed by atoms with Gasteiger partial charge in [-0.05, 0) is 51.2 Å². The molecule has 4 rings (SSSR count). The van der Waals surface area contributed by atoms with Crippen LogP contribution in [0.15, 0.2) is 52.2 Å². The van der Waals surface area contributed by atoms with E-state index in [-0.39, 0.29) is 18.3 Å². The zero-order valence-corrected chi connectivity index (χ0v) is 22.6. The van der Waals surface area contributed by atoms with Crippen LogP contribution < -0.4 is 20.9 Å². The molecular weight excluding hydrogens is 536 g/mol. The number of carbonyl (C=O) groups is 1. The van der Waals surface area contributed by atoms with Crippen molar-refractivity contribution >= 4 is 13.7 Å². The molecule has 1 aliphatic heterocycles. The van der Waals surface area contributed by atoms with Gasteiger partial charge in [0.2, 0.25) is 0 Å². The Morgan fingerprint density at radius 3 is 2.62 bits per heavy atom. The lowest BCUT2D eigenvalue weighted by molar-refractivity contribution is -0.151. The number of aliphatic hydroxyl groups excluding tert-OH is 1. The van der Waals surface area contributed by atoms with E-state index in [0.29, 0.717) is 0 Å². The van der Waals surface area contributed by atoms with Crippen LogP contribution >= 0.6 is 7.75 Å². The van der Waals surface area contributed by atoms with Crippen molar-refractivity contribution in [3.8, 4) is 5.75 Å². The van der Waals surface area contributed by atoms with E-state index in [9.17, 15) is 24.1 Å². The fraction of sp³-hybridized carbons (Fsp3) is 0.560. The largest absolute Gasteiger partial charge is 0.461 e. The summed E-state index contributed by atoms with van der Waals surface area (Å²) >= 11 is 0. The van der Waals surface area contributed by atoms with Crippen LogP contribution in [0, 0.1) is 0 Å². The minimum absolute atomic E-state index is 0.174. The smallest absolute Gasteiger partial charge is 0.459 e. The van der Waals surface area contributed by atoms with Crippen molar-refractivity contribution in [2.75, 3.05) is 6.61 Å². The van der Waals surface area contributed by atoms with Gasteiger partial charge in [-0.15, -0.1) is 0 Å². The number of H-pyrrole nitrogens is 1. The van der Waals surface area contributed by atoms with Gasteiger partial charge in [0.15, 0.2) is 11.9 Å². The molecule has 12 nitrogen and oxygen atoms in total. The van der Waals surface area contributed by atoms with Crippen LogP contribution in [0.25, 0.3) is 0 Å². The highest BCUT2D eigenvalue weighted by atomic mass is 31.2. The fourth-order valence-electron chi connectivity index (χ4n) is 4.60. The molecule has 1 saturated heterocycles. The van der Waals surface area contributed by atoms with E-state index in [1.165, 1.54) is 12.1 Å². The highest BCUT2D eigenvalue weighted by Gasteiger charge is 2.56. The van der Waals surface area contributed by atoms with Crippen LogP contribution in [0.4, 0.5) is 4.39 Å². The number of hydrogen-bond acceptors (Lipinski definition) is 9. The molecule has 0 amide bonds. The molecule has 2 heterocycles. The van der Waals surface area contributed by atoms with Crippen molar-refractivity contribution < 1.29 is 37.4 Å². The number of ether oxygens (including phenoxy) is 2. The van der Waals surface area contributed by atoms with Crippen LogP contribution in [0.5, 0.6) is 5.75 Å². The van der Waals surface area contributed by atoms with Crippen LogP contribution in [0.1, 0.15) is 52.2 Å². The van der Waals surface area contributed by atoms with Gasteiger partial charge >= 0.3 is 19.4 Å². The third-order valence-electron chi connectivity index (χ3n) is 6.79. The number of nitrogens with one attached hydrogen (secondary N) is 2. The van der Waals surface area contributed by atoms with Crippen LogP contribution in [0.3, 0.4) is 0 Å². The molecule has 6 atom stereocenters. The minimum Gasteiger partial charge on any atom is -0.461 e. The first-order chi connectivity index (χ1) is 18.5. The number of hydrogen-bond donors (Lipinski definition) is 3. The Balaban J connectivity index is 1.51. The maximum Gasteiger partial charge on any atom is 0.459 e. The summed E-state index contributed by atoms with van der Waals surface area (Å²) in [4.78, 5) is 38.5. The van der Waals surface area contributed by atoms with Gasteiger partial charge in [0.1, 0.15) is 30.1 Å². The predicted octanol–water partition coefficient (Wildman–Crippen LogP) is 2.58. The van der Waals surface area contributed by atoms with Crippen molar-refractivity contribution in [2.45, 2.75) is 82.2 Å². The summed E-state index contributed by atoms with van der Waals surface area (Å²) in [5, 5.41) is 13.3. The van der Waals surface area contributed by atoms with E-state index in [0.717, 1.165) is 49.4 Å². The van der Waals surface area contributed by atoms with Gasteiger partial charge < -0.3 is 19.1 Å². The second kappa shape index (κ2) is 12.1. The Hall–Kier alpha value is -2.83. The summed E-state index contributed by atoms with van der Waals surface area (Å²) in [5.74, 6) is -0.427. The Kier molecular flexibility index (Phi) is 9.07. The van der Waals surface area contributed by atoms with Gasteiger partial charge in [-0.3, -0.25) is 23.7 Å². The van der Waals surface area contributed by atoms with Gasteiger partial charge in [0.05, 0.1) is 6.61 Å². The Morgan fingerprint density at radius 2 is 1.97 bits per heavy atom. The predicted molar refractivity (Wildman–Crippen MR) is 137 cm³/mol. The van der Waals surface area contributed by atoms with E-state index >= 15 is 4.39 Å². The number of carbonyl (C=O) groups excluding carboxylic acids is 1. The standard InChI is InChI=1S/C25H33FN3O9P/c1-3-18(22(32)36-16-9-7-8-10-16)28-39(34,38-17-11-5-4-6-12-17)35-15-19-21(31)25(2,26)23(37-19)29-14-13-20(30)27-24(29)33/h4-6,11-14,16,18-19,21,23,31H,3,7-10,15H2,1-2H3,(H,28,34)(H,27,30,33)/t18-,19+,21+,23+,25?,39?/m0/s1. The average Bonchev–Trinajstić information content (AvgIpc) is 3.48. The van der Waals surface area contributed by atoms with Gasteiger partial charge in [-0.25, -0.2) is 13.8 Å². The van der Waals surface area contributed by atoms with Gasteiger partial charge in [0.25, 0.3) is 5.56 Å². The Bertz CT molecular complexity index is 1300. The van der Waals surface area contributed by atoms with Gasteiger partial charge in [-0.1, -0.05) is 25.1 Å². The molecular formula is C25H33FN3O9P. The molecule has 214 valence electrons. The van der Waals surface area contributed by atoms with Crippen molar-refractivity contribution in [1.82, 2.24) is 14.6 Å². The molecule has 2 aromatic rings. The lowest BCUT2D eigenvalue weighted by Crippen LogP contribution is -2.44. The minimum atomic E-state index is -4.32. The molecule has 3 N–H and O–H groups in total. The molecule has 2 fully saturated rings. The number of benzene rings is 1. The highest BCUT2D eigenvalue weighted by molar-refractivity contribution is 7.52. The van der Waals surface area contributed by atoms with Gasteiger partial charge in [-0.2, -0.15) is 5.09 Å². The third kappa shape index (κ3) is 6.85. The first kappa shape index (κ1) is 29.2. The average molecular weight is 570 g/mol. The topological polar surface area (TPSA) is 158 Å². The van der Waals surface area contributed by atoms with Crippen molar-refractivity contribution in [1.29, 1.82) is 0 Å². The first-order valence-electron chi connectivity index (χ1n) is 12.8. The molecule has 0 bridgehead atoms. The molecule has 14 heteroatoms. The number of rotatable bonds is 11. The van der Waals surface area contributed by atoms with Crippen LogP contribution in [-0.2, 0) is 23.4 Å². The number of nitrogens with zero attached hydrogens (tertiary/aromatic N) is 1. The van der Waals surface area contributed by atoms with E-state index in [1.807, 2.05) is 4.98 Å². The lowest BCUT2D eigenvalue weighted by atomic mass is 9.98. The number of para-hydroxylation sites is 1. The number of halogens is 1. The summed E-state index contributed by atoms with van der Waals surface area (Å²) in [6, 6.07) is 8.07. The quantitative estimate of drug-likeness (QED) is 0.271. The zero-order valence-electron chi connectivity index (χ0n) is 21.7. The number of alkyl halides is 1. The second-order valence-corrected chi connectivity index (χ2v) is 11.5. The number of esters is 1. The molecule has 1 aliphatic carbocycles. The number of aromatic nitrogens is 2. The van der Waals surface area contributed by atoms with Crippen molar-refractivity contribution in [2.24, 2.45) is 0 Å². The van der Waals surface area contributed by atoms with Crippen LogP contribution in [-0.4, -0.2) is 57.3 Å². The van der Waals surface area contributed by atoms with E-state index in [4.69, 9.17) is 18.5 Å². The summed E-state index contributed by atoms with van der Waals surface area (Å²) < 4.78 is 52.6. The molecule has 2 aliphatic rings. The number of aromatic amines is 1. The van der Waals surface area contributed by atoms with E-state index < -0.39 is 61.7 Å². The summed E-state index contributed by atoms with van der Waals surface area (Å²) in [7, 11) is -4.32. The van der Waals surface area contributed by atoms with E-state index in [2.05, 4.69) is 5.09 Å². The molecule has 1 aromatic carbocycles. The second-order valence-electron chi connectivity index (χ2n) is 9.77. The van der Waals surface area contributed by atoms with Crippen LogP contribution in [0.2, 0.25) is 0 Å². The van der Waals surface area contributed by atoms with Gasteiger partial charge in [0, 0.05) is 12.3 Å². The SMILES string of the molecule is CC[C@H](NP(=O)(OC[C@H]1O[C@@H](n2ccc(=O)[nH]c2=O)C(C)(F)[C@@H]1O)Oc1ccccc1)C(=O)OC1CCCC1. The molecule has 2 unspecified atom stereocenters. The molecule has 1 aromatic heterocycles. The molecule has 1 saturated carbocycles.